The van der Waals surface area contributed by atoms with Crippen molar-refractivity contribution >= 4 is 11.9 Å². The highest BCUT2D eigenvalue weighted by molar-refractivity contribution is 5.76. The van der Waals surface area contributed by atoms with E-state index < -0.39 is 12.1 Å². The molecule has 0 bridgehead atoms. The molecule has 0 fully saturated rings. The third kappa shape index (κ3) is 53.4. The van der Waals surface area contributed by atoms with Crippen LogP contribution in [0.5, 0.6) is 0 Å². The molecule has 0 saturated carbocycles. The van der Waals surface area contributed by atoms with E-state index in [0.29, 0.717) is 19.4 Å². The Labute approximate surface area is 424 Å². The van der Waals surface area contributed by atoms with Crippen LogP contribution in [0.15, 0.2) is 36.5 Å². The van der Waals surface area contributed by atoms with Gasteiger partial charge in [0.15, 0.2) is 0 Å². The summed E-state index contributed by atoms with van der Waals surface area (Å²) < 4.78 is 5.47. The Balaban J connectivity index is 3.48. The molecular weight excluding hydrogens is 839 g/mol. The molecule has 0 radical (unpaired) electrons. The first-order valence-electron chi connectivity index (χ1n) is 30.3. The minimum absolute atomic E-state index is 0.00710. The van der Waals surface area contributed by atoms with Crippen molar-refractivity contribution in [1.29, 1.82) is 0 Å². The Kier molecular flexibility index (Phi) is 56.0. The van der Waals surface area contributed by atoms with E-state index >= 15 is 0 Å². The summed E-state index contributed by atoms with van der Waals surface area (Å²) in [6.45, 7) is 4.90. The summed E-state index contributed by atoms with van der Waals surface area (Å²) in [5, 5.41) is 23.1. The van der Waals surface area contributed by atoms with Gasteiger partial charge in [-0.25, -0.2) is 0 Å². The number of aliphatic hydroxyl groups is 2. The maximum Gasteiger partial charge on any atom is 0.305 e. The number of esters is 1. The first-order chi connectivity index (χ1) is 33.5. The lowest BCUT2D eigenvalue weighted by atomic mass is 10.0. The van der Waals surface area contributed by atoms with E-state index in [1.807, 2.05) is 6.08 Å². The molecule has 0 aromatic rings. The van der Waals surface area contributed by atoms with Gasteiger partial charge in [-0.05, 0) is 64.2 Å². The van der Waals surface area contributed by atoms with Gasteiger partial charge in [-0.3, -0.25) is 9.59 Å². The third-order valence-corrected chi connectivity index (χ3v) is 13.9. The predicted octanol–water partition coefficient (Wildman–Crippen LogP) is 18.8. The molecule has 0 aliphatic rings. The average Bonchev–Trinajstić information content (AvgIpc) is 3.34. The number of aliphatic hydroxyl groups excluding tert-OH is 2. The van der Waals surface area contributed by atoms with Crippen LogP contribution in [0.1, 0.15) is 322 Å². The fourth-order valence-corrected chi connectivity index (χ4v) is 9.25. The maximum absolute atomic E-state index is 12.5. The quantitative estimate of drug-likeness (QED) is 0.0321. The van der Waals surface area contributed by atoms with Crippen LogP contribution in [0.25, 0.3) is 0 Å². The van der Waals surface area contributed by atoms with Crippen molar-refractivity contribution in [2.75, 3.05) is 13.2 Å². The van der Waals surface area contributed by atoms with Crippen molar-refractivity contribution in [1.82, 2.24) is 5.32 Å². The van der Waals surface area contributed by atoms with Crippen LogP contribution in [0.3, 0.4) is 0 Å². The first-order valence-corrected chi connectivity index (χ1v) is 30.3. The van der Waals surface area contributed by atoms with Crippen LogP contribution < -0.4 is 5.32 Å². The average molecular weight is 957 g/mol. The Morgan fingerprint density at radius 2 is 0.735 bits per heavy atom. The lowest BCUT2D eigenvalue weighted by Gasteiger charge is -2.20. The zero-order chi connectivity index (χ0) is 49.3. The number of hydrogen-bond acceptors (Lipinski definition) is 5. The molecule has 0 aliphatic carbocycles. The monoisotopic (exact) mass is 956 g/mol. The molecule has 6 heteroatoms. The Morgan fingerprint density at radius 1 is 0.412 bits per heavy atom. The largest absolute Gasteiger partial charge is 0.466 e. The molecule has 68 heavy (non-hydrogen) atoms. The van der Waals surface area contributed by atoms with Gasteiger partial charge in [-0.1, -0.05) is 281 Å². The second-order valence-electron chi connectivity index (χ2n) is 20.7. The molecule has 0 spiro atoms. The number of hydrogen-bond donors (Lipinski definition) is 3. The molecular formula is C62H117NO5. The summed E-state index contributed by atoms with van der Waals surface area (Å²) in [4.78, 5) is 24.5. The van der Waals surface area contributed by atoms with Gasteiger partial charge in [-0.2, -0.15) is 0 Å². The Morgan fingerprint density at radius 3 is 1.12 bits per heavy atom. The van der Waals surface area contributed by atoms with Gasteiger partial charge >= 0.3 is 5.97 Å². The highest BCUT2D eigenvalue weighted by atomic mass is 16.5. The van der Waals surface area contributed by atoms with Crippen molar-refractivity contribution in [2.45, 2.75) is 334 Å². The van der Waals surface area contributed by atoms with E-state index in [1.165, 1.54) is 238 Å². The van der Waals surface area contributed by atoms with Crippen molar-refractivity contribution in [3.63, 3.8) is 0 Å². The number of nitrogens with one attached hydrogen (secondary N) is 1. The van der Waals surface area contributed by atoms with Crippen LogP contribution in [0.4, 0.5) is 0 Å². The second kappa shape index (κ2) is 57.7. The molecule has 2 atom stereocenters. The van der Waals surface area contributed by atoms with Crippen molar-refractivity contribution in [3.8, 4) is 0 Å². The normalized spacial score (nSPS) is 12.8. The van der Waals surface area contributed by atoms with Crippen LogP contribution in [-0.4, -0.2) is 47.4 Å². The number of unbranched alkanes of at least 4 members (excludes halogenated alkanes) is 41. The topological polar surface area (TPSA) is 95.9 Å². The van der Waals surface area contributed by atoms with Gasteiger partial charge in [-0.15, -0.1) is 0 Å². The van der Waals surface area contributed by atoms with E-state index in [9.17, 15) is 19.8 Å². The molecule has 400 valence electrons. The number of amides is 1. The van der Waals surface area contributed by atoms with Crippen molar-refractivity contribution < 1.29 is 24.5 Å². The van der Waals surface area contributed by atoms with Crippen LogP contribution in [-0.2, 0) is 14.3 Å². The summed E-state index contributed by atoms with van der Waals surface area (Å²) in [7, 11) is 0. The van der Waals surface area contributed by atoms with Gasteiger partial charge in [0.2, 0.25) is 5.91 Å². The molecule has 1 amide bonds. The lowest BCUT2D eigenvalue weighted by molar-refractivity contribution is -0.143. The van der Waals surface area contributed by atoms with Crippen LogP contribution in [0, 0.1) is 0 Å². The van der Waals surface area contributed by atoms with Gasteiger partial charge in [0.25, 0.3) is 0 Å². The minimum atomic E-state index is -0.851. The molecule has 0 saturated heterocycles. The van der Waals surface area contributed by atoms with E-state index in [1.54, 1.807) is 6.08 Å². The van der Waals surface area contributed by atoms with E-state index in [4.69, 9.17) is 4.74 Å². The summed E-state index contributed by atoms with van der Waals surface area (Å²) in [6.07, 6.45) is 71.7. The van der Waals surface area contributed by atoms with E-state index in [-0.39, 0.29) is 18.5 Å². The molecule has 0 heterocycles. The summed E-state index contributed by atoms with van der Waals surface area (Å²) in [5.74, 6) is -0.0701. The SMILES string of the molecule is CCCCCCCCCCCCCCCC/C=C/C(O)C(CO)NC(=O)CCCCCCCCC/C=C\C/C=C\CCCCCCCCCCCOC(=O)CCCCCCCCCCCCCC. The van der Waals surface area contributed by atoms with E-state index in [0.717, 1.165) is 57.8 Å². The lowest BCUT2D eigenvalue weighted by Crippen LogP contribution is -2.45. The zero-order valence-corrected chi connectivity index (χ0v) is 45.6. The molecule has 2 unspecified atom stereocenters. The van der Waals surface area contributed by atoms with Crippen molar-refractivity contribution in [2.24, 2.45) is 0 Å². The fourth-order valence-electron chi connectivity index (χ4n) is 9.25. The molecule has 3 N–H and O–H groups in total. The molecule has 0 aromatic heterocycles. The molecule has 0 rings (SSSR count). The number of carbonyl (C=O) groups excluding carboxylic acids is 2. The van der Waals surface area contributed by atoms with Gasteiger partial charge in [0, 0.05) is 12.8 Å². The minimum Gasteiger partial charge on any atom is -0.466 e. The highest BCUT2D eigenvalue weighted by Gasteiger charge is 2.18. The predicted molar refractivity (Wildman–Crippen MR) is 296 cm³/mol. The third-order valence-electron chi connectivity index (χ3n) is 13.9. The molecule has 0 aromatic carbocycles. The second-order valence-corrected chi connectivity index (χ2v) is 20.7. The summed E-state index contributed by atoms with van der Waals surface area (Å²) in [6, 6.07) is -0.635. The Hall–Kier alpha value is -1.92. The number of allylic oxidation sites excluding steroid dienone is 5. The smallest absolute Gasteiger partial charge is 0.305 e. The number of ether oxygens (including phenoxy) is 1. The highest BCUT2D eigenvalue weighted by Crippen LogP contribution is 2.17. The fraction of sp³-hybridized carbons (Fsp3) is 0.871. The van der Waals surface area contributed by atoms with Crippen LogP contribution >= 0.6 is 0 Å². The molecule has 6 nitrogen and oxygen atoms in total. The summed E-state index contributed by atoms with van der Waals surface area (Å²) in [5.41, 5.74) is 0. The number of rotatable bonds is 56. The van der Waals surface area contributed by atoms with Gasteiger partial charge in [0.05, 0.1) is 25.4 Å². The maximum atomic E-state index is 12.5. The Bertz CT molecular complexity index is 1100. The first kappa shape index (κ1) is 66.1. The number of carbonyl (C=O) groups is 2. The van der Waals surface area contributed by atoms with Gasteiger partial charge in [0.1, 0.15) is 0 Å². The van der Waals surface area contributed by atoms with Crippen LogP contribution in [0.2, 0.25) is 0 Å². The molecule has 0 aliphatic heterocycles. The standard InChI is InChI=1S/C62H117NO5/c1-3-5-7-9-11-13-15-17-18-28-31-34-38-42-46-50-54-60(65)59(58-64)63-61(66)55-51-47-43-39-35-32-29-26-24-22-20-19-21-23-25-27-30-33-37-41-45-49-53-57-68-62(67)56-52-48-44-40-36-16-14-12-10-8-6-4-2/h19,21-22,24,50,54,59-60,64-65H,3-18,20,23,25-49,51-53,55-58H2,1-2H3,(H,63,66)/b21-19-,24-22-,54-50+. The van der Waals surface area contributed by atoms with Crippen molar-refractivity contribution in [3.05, 3.63) is 36.5 Å². The zero-order valence-electron chi connectivity index (χ0n) is 45.6. The van der Waals surface area contributed by atoms with Gasteiger partial charge < -0.3 is 20.3 Å². The summed E-state index contributed by atoms with van der Waals surface area (Å²) >= 11 is 0. The van der Waals surface area contributed by atoms with E-state index in [2.05, 4.69) is 43.5 Å².